The average molecular weight is 383 g/mol. The first kappa shape index (κ1) is 18.9. The second kappa shape index (κ2) is 7.89. The Balaban J connectivity index is 1.49. The number of nitrogens with one attached hydrogen (secondary N) is 1. The van der Waals surface area contributed by atoms with Crippen LogP contribution in [-0.4, -0.2) is 56.9 Å². The third-order valence-corrected chi connectivity index (χ3v) is 6.26. The van der Waals surface area contributed by atoms with Crippen molar-refractivity contribution < 1.29 is 4.79 Å². The minimum atomic E-state index is 0.171. The highest BCUT2D eigenvalue weighted by atomic mass is 16.2. The number of anilines is 1. The van der Waals surface area contributed by atoms with E-state index in [9.17, 15) is 4.79 Å². The lowest BCUT2D eigenvalue weighted by Gasteiger charge is -2.48. The average Bonchev–Trinajstić information content (AvgIpc) is 3.23. The van der Waals surface area contributed by atoms with Crippen LogP contribution in [0.1, 0.15) is 49.7 Å². The molecule has 0 bridgehead atoms. The number of aromatic amines is 1. The summed E-state index contributed by atoms with van der Waals surface area (Å²) in [5, 5.41) is 0. The molecule has 1 amide bonds. The van der Waals surface area contributed by atoms with Crippen molar-refractivity contribution in [2.75, 3.05) is 31.1 Å². The third-order valence-electron chi connectivity index (χ3n) is 6.26. The lowest BCUT2D eigenvalue weighted by molar-refractivity contribution is -0.137. The molecule has 2 fully saturated rings. The Hall–Kier alpha value is -2.44. The van der Waals surface area contributed by atoms with Crippen molar-refractivity contribution in [1.29, 1.82) is 0 Å². The zero-order chi connectivity index (χ0) is 19.6. The summed E-state index contributed by atoms with van der Waals surface area (Å²) in [4.78, 5) is 33.4. The van der Waals surface area contributed by atoms with Crippen molar-refractivity contribution >= 4 is 11.7 Å². The number of aryl methyl sites for hydroxylation is 2. The van der Waals surface area contributed by atoms with Crippen LogP contribution in [0.3, 0.4) is 0 Å². The number of aromatic nitrogens is 4. The van der Waals surface area contributed by atoms with E-state index in [0.29, 0.717) is 6.42 Å². The van der Waals surface area contributed by atoms with Crippen molar-refractivity contribution in [1.82, 2.24) is 24.8 Å². The fraction of sp³-hybridized carbons (Fsp3) is 0.619. The number of imidazole rings is 1. The van der Waals surface area contributed by atoms with E-state index in [1.54, 1.807) is 6.33 Å². The van der Waals surface area contributed by atoms with E-state index in [0.717, 1.165) is 69.2 Å². The second-order valence-electron chi connectivity index (χ2n) is 8.29. The first-order valence-corrected chi connectivity index (χ1v) is 10.4. The molecule has 0 radical (unpaired) electrons. The van der Waals surface area contributed by atoms with E-state index >= 15 is 0 Å². The molecular weight excluding hydrogens is 352 g/mol. The second-order valence-corrected chi connectivity index (χ2v) is 8.29. The molecule has 0 aliphatic carbocycles. The molecule has 0 unspecified atom stereocenters. The molecule has 2 aliphatic heterocycles. The van der Waals surface area contributed by atoms with Crippen LogP contribution in [0, 0.1) is 12.3 Å². The summed E-state index contributed by atoms with van der Waals surface area (Å²) in [6, 6.07) is 0. The number of likely N-dealkylation sites (tertiary alicyclic amines) is 1. The van der Waals surface area contributed by atoms with Crippen LogP contribution in [-0.2, 0) is 17.6 Å². The summed E-state index contributed by atoms with van der Waals surface area (Å²) in [6.45, 7) is 7.74. The van der Waals surface area contributed by atoms with Gasteiger partial charge in [-0.25, -0.2) is 15.0 Å². The molecule has 1 spiro atoms. The maximum atomic E-state index is 12.5. The molecular formula is C21H30N6O. The molecule has 4 rings (SSSR count). The van der Waals surface area contributed by atoms with Crippen LogP contribution in [0.25, 0.3) is 0 Å². The highest BCUT2D eigenvalue weighted by Crippen LogP contribution is 2.40. The van der Waals surface area contributed by atoms with E-state index < -0.39 is 0 Å². The summed E-state index contributed by atoms with van der Waals surface area (Å²) >= 11 is 0. The lowest BCUT2D eigenvalue weighted by Crippen LogP contribution is -2.54. The van der Waals surface area contributed by atoms with Gasteiger partial charge in [0, 0.05) is 68.1 Å². The highest BCUT2D eigenvalue weighted by molar-refractivity contribution is 5.77. The van der Waals surface area contributed by atoms with Crippen molar-refractivity contribution in [2.45, 2.75) is 52.4 Å². The van der Waals surface area contributed by atoms with E-state index in [4.69, 9.17) is 4.98 Å². The Kier molecular flexibility index (Phi) is 5.33. The lowest BCUT2D eigenvalue weighted by atomic mass is 9.73. The Morgan fingerprint density at radius 2 is 2.14 bits per heavy atom. The summed E-state index contributed by atoms with van der Waals surface area (Å²) in [6.07, 6.45) is 11.2. The summed E-state index contributed by atoms with van der Waals surface area (Å²) in [7, 11) is 0. The first-order chi connectivity index (χ1) is 13.6. The molecule has 28 heavy (non-hydrogen) atoms. The smallest absolute Gasteiger partial charge is 0.222 e. The Bertz CT molecular complexity index is 820. The van der Waals surface area contributed by atoms with Crippen molar-refractivity contribution in [3.8, 4) is 0 Å². The van der Waals surface area contributed by atoms with E-state index in [1.807, 2.05) is 19.3 Å². The first-order valence-electron chi connectivity index (χ1n) is 10.4. The highest BCUT2D eigenvalue weighted by Gasteiger charge is 2.42. The topological polar surface area (TPSA) is 78.0 Å². The monoisotopic (exact) mass is 382 g/mol. The number of amides is 1. The van der Waals surface area contributed by atoms with E-state index in [1.165, 1.54) is 12.0 Å². The number of carbonyl (C=O) groups is 1. The molecule has 0 saturated carbocycles. The van der Waals surface area contributed by atoms with Gasteiger partial charge in [0.05, 0.1) is 6.33 Å². The molecule has 7 heteroatoms. The van der Waals surface area contributed by atoms with Gasteiger partial charge in [-0.1, -0.05) is 6.92 Å². The third kappa shape index (κ3) is 3.88. The van der Waals surface area contributed by atoms with Crippen LogP contribution in [0.4, 0.5) is 5.82 Å². The van der Waals surface area contributed by atoms with Gasteiger partial charge in [0.25, 0.3) is 0 Å². The molecule has 1 N–H and O–H groups in total. The molecule has 2 saturated heterocycles. The van der Waals surface area contributed by atoms with Crippen LogP contribution >= 0.6 is 0 Å². The molecule has 2 aromatic heterocycles. The minimum Gasteiger partial charge on any atom is -0.356 e. The summed E-state index contributed by atoms with van der Waals surface area (Å²) < 4.78 is 0. The molecule has 0 aromatic carbocycles. The van der Waals surface area contributed by atoms with Crippen molar-refractivity contribution in [2.24, 2.45) is 5.41 Å². The minimum absolute atomic E-state index is 0.171. The quantitative estimate of drug-likeness (QED) is 0.860. The number of rotatable bonds is 5. The molecule has 7 nitrogen and oxygen atoms in total. The summed E-state index contributed by atoms with van der Waals surface area (Å²) in [5.74, 6) is 2.20. The van der Waals surface area contributed by atoms with Crippen LogP contribution in [0.2, 0.25) is 0 Å². The maximum absolute atomic E-state index is 12.5. The predicted octanol–water partition coefficient (Wildman–Crippen LogP) is 2.52. The number of hydrogen-bond donors (Lipinski definition) is 1. The molecule has 150 valence electrons. The van der Waals surface area contributed by atoms with Gasteiger partial charge < -0.3 is 14.8 Å². The number of H-pyrrole nitrogens is 1. The van der Waals surface area contributed by atoms with Gasteiger partial charge in [-0.05, 0) is 32.6 Å². The van der Waals surface area contributed by atoms with Gasteiger partial charge >= 0.3 is 0 Å². The van der Waals surface area contributed by atoms with Crippen molar-refractivity contribution in [3.05, 3.63) is 35.8 Å². The standard InChI is InChI=1S/C21H30N6O/c1-3-17-11-23-16(2)25-20(17)27-9-4-7-21(14-27)8-5-19(28)26(13-21)10-6-18-12-22-15-24-18/h11-12,15H,3-10,13-14H2,1-2H3,(H,22,24)/t21-/m0/s1. The Morgan fingerprint density at radius 1 is 1.25 bits per heavy atom. The van der Waals surface area contributed by atoms with E-state index in [-0.39, 0.29) is 11.3 Å². The van der Waals surface area contributed by atoms with Crippen LogP contribution < -0.4 is 4.90 Å². The van der Waals surface area contributed by atoms with Gasteiger partial charge in [0.1, 0.15) is 11.6 Å². The number of nitrogens with zero attached hydrogens (tertiary/aromatic N) is 5. The van der Waals surface area contributed by atoms with Crippen molar-refractivity contribution in [3.63, 3.8) is 0 Å². The Morgan fingerprint density at radius 3 is 2.93 bits per heavy atom. The number of hydrogen-bond acceptors (Lipinski definition) is 5. The van der Waals surface area contributed by atoms with Gasteiger partial charge in [-0.3, -0.25) is 4.79 Å². The Labute approximate surface area is 166 Å². The molecule has 2 aromatic rings. The summed E-state index contributed by atoms with van der Waals surface area (Å²) in [5.41, 5.74) is 2.47. The maximum Gasteiger partial charge on any atom is 0.222 e. The van der Waals surface area contributed by atoms with Crippen LogP contribution in [0.5, 0.6) is 0 Å². The van der Waals surface area contributed by atoms with Gasteiger partial charge in [-0.15, -0.1) is 0 Å². The number of carbonyl (C=O) groups excluding carboxylic acids is 1. The largest absolute Gasteiger partial charge is 0.356 e. The van der Waals surface area contributed by atoms with E-state index in [2.05, 4.69) is 31.7 Å². The van der Waals surface area contributed by atoms with Gasteiger partial charge in [0.2, 0.25) is 5.91 Å². The molecule has 4 heterocycles. The van der Waals surface area contributed by atoms with Gasteiger partial charge in [-0.2, -0.15) is 0 Å². The van der Waals surface area contributed by atoms with Crippen LogP contribution in [0.15, 0.2) is 18.7 Å². The number of piperidine rings is 2. The fourth-order valence-corrected chi connectivity index (χ4v) is 4.71. The molecule has 1 atom stereocenters. The fourth-order valence-electron chi connectivity index (χ4n) is 4.71. The zero-order valence-electron chi connectivity index (χ0n) is 16.9. The predicted molar refractivity (Wildman–Crippen MR) is 108 cm³/mol. The molecule has 2 aliphatic rings. The normalized spacial score (nSPS) is 22.9. The SMILES string of the molecule is CCc1cnc(C)nc1N1CCC[C@@]2(CCC(=O)N(CCc3cnc[nH]3)C2)C1. The zero-order valence-corrected chi connectivity index (χ0v) is 16.9. The van der Waals surface area contributed by atoms with Gasteiger partial charge in [0.15, 0.2) is 0 Å².